The summed E-state index contributed by atoms with van der Waals surface area (Å²) in [6.45, 7) is 3.82. The summed E-state index contributed by atoms with van der Waals surface area (Å²) in [5.74, 6) is -1.25. The van der Waals surface area contributed by atoms with E-state index in [-0.39, 0.29) is 24.1 Å². The molecule has 0 unspecified atom stereocenters. The minimum atomic E-state index is -1.19. The second kappa shape index (κ2) is 7.44. The van der Waals surface area contributed by atoms with Crippen LogP contribution in [0.15, 0.2) is 60.3 Å². The molecule has 26 heavy (non-hydrogen) atoms. The molecule has 1 aliphatic rings. The number of rotatable bonds is 5. The Kier molecular flexibility index (Phi) is 5.07. The van der Waals surface area contributed by atoms with Gasteiger partial charge in [0.1, 0.15) is 12.3 Å². The zero-order valence-corrected chi connectivity index (χ0v) is 14.7. The number of nitrogens with one attached hydrogen (secondary N) is 1. The monoisotopic (exact) mass is 351 g/mol. The summed E-state index contributed by atoms with van der Waals surface area (Å²) in [6, 6.07) is 16.1. The molecule has 0 aliphatic heterocycles. The highest BCUT2D eigenvalue weighted by Gasteiger charge is 2.29. The number of fused-ring (bicyclic) bond motifs is 3. The molecule has 0 saturated carbocycles. The third-order valence-corrected chi connectivity index (χ3v) is 4.31. The SMILES string of the molecule is CC(C)/C=C(/NC(=O)OCC1c2ccccc2-c2ccccc21)C(=O)O. The molecule has 0 radical (unpaired) electrons. The molecule has 1 aliphatic carbocycles. The van der Waals surface area contributed by atoms with Gasteiger partial charge in [-0.15, -0.1) is 0 Å². The van der Waals surface area contributed by atoms with Gasteiger partial charge in [0.25, 0.3) is 0 Å². The highest BCUT2D eigenvalue weighted by atomic mass is 16.5. The van der Waals surface area contributed by atoms with Gasteiger partial charge >= 0.3 is 12.1 Å². The molecule has 0 heterocycles. The molecular weight excluding hydrogens is 330 g/mol. The quantitative estimate of drug-likeness (QED) is 0.794. The molecule has 0 saturated heterocycles. The summed E-state index contributed by atoms with van der Waals surface area (Å²) in [4.78, 5) is 23.3. The lowest BCUT2D eigenvalue weighted by atomic mass is 9.98. The van der Waals surface area contributed by atoms with Gasteiger partial charge in [-0.05, 0) is 28.2 Å². The molecule has 2 aromatic rings. The summed E-state index contributed by atoms with van der Waals surface area (Å²) in [5.41, 5.74) is 4.33. The number of carbonyl (C=O) groups is 2. The number of amides is 1. The molecule has 0 bridgehead atoms. The molecule has 0 spiro atoms. The maximum Gasteiger partial charge on any atom is 0.411 e. The second-order valence-corrected chi connectivity index (χ2v) is 6.58. The summed E-state index contributed by atoms with van der Waals surface area (Å²) < 4.78 is 5.35. The molecule has 0 aromatic heterocycles. The Morgan fingerprint density at radius 1 is 1.08 bits per heavy atom. The van der Waals surface area contributed by atoms with Crippen LogP contribution in [0.2, 0.25) is 0 Å². The van der Waals surface area contributed by atoms with Gasteiger partial charge in [0.05, 0.1) is 0 Å². The lowest BCUT2D eigenvalue weighted by Gasteiger charge is -2.15. The van der Waals surface area contributed by atoms with Crippen LogP contribution >= 0.6 is 0 Å². The average Bonchev–Trinajstić information content (AvgIpc) is 2.93. The molecule has 5 heteroatoms. The molecule has 2 aromatic carbocycles. The van der Waals surface area contributed by atoms with Gasteiger partial charge in [-0.25, -0.2) is 9.59 Å². The Labute approximate surface area is 152 Å². The number of ether oxygens (including phenoxy) is 1. The smallest absolute Gasteiger partial charge is 0.411 e. The zero-order chi connectivity index (χ0) is 18.7. The van der Waals surface area contributed by atoms with Crippen LogP contribution in [0.3, 0.4) is 0 Å². The van der Waals surface area contributed by atoms with Gasteiger partial charge in [0, 0.05) is 5.92 Å². The van der Waals surface area contributed by atoms with Crippen LogP contribution in [-0.4, -0.2) is 23.8 Å². The fourth-order valence-corrected chi connectivity index (χ4v) is 3.24. The number of alkyl carbamates (subject to hydrolysis) is 1. The van der Waals surface area contributed by atoms with E-state index in [0.717, 1.165) is 22.3 Å². The zero-order valence-electron chi connectivity index (χ0n) is 14.7. The van der Waals surface area contributed by atoms with Gasteiger partial charge < -0.3 is 9.84 Å². The van der Waals surface area contributed by atoms with Crippen LogP contribution < -0.4 is 5.32 Å². The fourth-order valence-electron chi connectivity index (χ4n) is 3.24. The number of hydrogen-bond donors (Lipinski definition) is 2. The third-order valence-electron chi connectivity index (χ3n) is 4.31. The maximum absolute atomic E-state index is 12.1. The van der Waals surface area contributed by atoms with Crippen molar-refractivity contribution < 1.29 is 19.4 Å². The number of carboxylic acid groups (broad SMARTS) is 1. The molecule has 2 N–H and O–H groups in total. The Balaban J connectivity index is 1.74. The van der Waals surface area contributed by atoms with Gasteiger partial charge in [0.15, 0.2) is 0 Å². The summed E-state index contributed by atoms with van der Waals surface area (Å²) in [7, 11) is 0. The molecular formula is C21H21NO4. The van der Waals surface area contributed by atoms with Crippen molar-refractivity contribution in [2.45, 2.75) is 19.8 Å². The van der Waals surface area contributed by atoms with E-state index in [1.54, 1.807) is 0 Å². The number of aliphatic carboxylic acids is 1. The molecule has 3 rings (SSSR count). The number of carbonyl (C=O) groups excluding carboxylic acids is 1. The Morgan fingerprint density at radius 2 is 1.62 bits per heavy atom. The van der Waals surface area contributed by atoms with E-state index in [9.17, 15) is 14.7 Å². The van der Waals surface area contributed by atoms with Crippen molar-refractivity contribution in [3.63, 3.8) is 0 Å². The first-order valence-corrected chi connectivity index (χ1v) is 8.54. The summed E-state index contributed by atoms with van der Waals surface area (Å²) in [5, 5.41) is 11.5. The predicted octanol–water partition coefficient (Wildman–Crippen LogP) is 4.15. The number of hydrogen-bond acceptors (Lipinski definition) is 3. The van der Waals surface area contributed by atoms with E-state index < -0.39 is 12.1 Å². The largest absolute Gasteiger partial charge is 0.477 e. The predicted molar refractivity (Wildman–Crippen MR) is 98.8 cm³/mol. The average molecular weight is 351 g/mol. The Bertz CT molecular complexity index is 824. The first kappa shape index (κ1) is 17.7. The van der Waals surface area contributed by atoms with Crippen LogP contribution in [0.25, 0.3) is 11.1 Å². The van der Waals surface area contributed by atoms with Gasteiger partial charge in [-0.2, -0.15) is 0 Å². The van der Waals surface area contributed by atoms with Crippen molar-refractivity contribution >= 4 is 12.1 Å². The van der Waals surface area contributed by atoms with E-state index in [1.165, 1.54) is 6.08 Å². The van der Waals surface area contributed by atoms with Gasteiger partial charge in [-0.1, -0.05) is 68.5 Å². The molecule has 0 atom stereocenters. The maximum atomic E-state index is 12.1. The number of benzene rings is 2. The lowest BCUT2D eigenvalue weighted by molar-refractivity contribution is -0.133. The minimum absolute atomic E-state index is 0.00464. The second-order valence-electron chi connectivity index (χ2n) is 6.58. The number of carboxylic acids is 1. The highest BCUT2D eigenvalue weighted by molar-refractivity contribution is 5.90. The van der Waals surface area contributed by atoms with E-state index in [2.05, 4.69) is 17.4 Å². The normalized spacial score (nSPS) is 13.3. The van der Waals surface area contributed by atoms with Crippen LogP contribution in [0, 0.1) is 5.92 Å². The van der Waals surface area contributed by atoms with Crippen molar-refractivity contribution in [3.05, 3.63) is 71.4 Å². The van der Waals surface area contributed by atoms with E-state index in [1.807, 2.05) is 50.2 Å². The van der Waals surface area contributed by atoms with E-state index in [4.69, 9.17) is 4.74 Å². The molecule has 1 amide bonds. The van der Waals surface area contributed by atoms with Crippen molar-refractivity contribution in [3.8, 4) is 11.1 Å². The van der Waals surface area contributed by atoms with Gasteiger partial charge in [-0.3, -0.25) is 5.32 Å². The van der Waals surface area contributed by atoms with Crippen LogP contribution in [0.4, 0.5) is 4.79 Å². The Morgan fingerprint density at radius 3 is 2.12 bits per heavy atom. The first-order valence-electron chi connectivity index (χ1n) is 8.54. The minimum Gasteiger partial charge on any atom is -0.477 e. The molecule has 5 nitrogen and oxygen atoms in total. The topological polar surface area (TPSA) is 75.6 Å². The van der Waals surface area contributed by atoms with E-state index in [0.29, 0.717) is 0 Å². The van der Waals surface area contributed by atoms with Crippen molar-refractivity contribution in [2.75, 3.05) is 6.61 Å². The van der Waals surface area contributed by atoms with Gasteiger partial charge in [0.2, 0.25) is 0 Å². The summed E-state index contributed by atoms with van der Waals surface area (Å²) >= 11 is 0. The van der Waals surface area contributed by atoms with E-state index >= 15 is 0 Å². The first-order chi connectivity index (χ1) is 12.5. The highest BCUT2D eigenvalue weighted by Crippen LogP contribution is 2.44. The molecule has 0 fully saturated rings. The summed E-state index contributed by atoms with van der Waals surface area (Å²) in [6.07, 6.45) is 0.713. The van der Waals surface area contributed by atoms with Crippen LogP contribution in [0.1, 0.15) is 30.9 Å². The Hall–Kier alpha value is -3.08. The lowest BCUT2D eigenvalue weighted by Crippen LogP contribution is -2.29. The van der Waals surface area contributed by atoms with Crippen molar-refractivity contribution in [1.29, 1.82) is 0 Å². The van der Waals surface area contributed by atoms with Crippen LogP contribution in [0.5, 0.6) is 0 Å². The standard InChI is InChI=1S/C21H21NO4/c1-13(2)11-19(20(23)24)22-21(25)26-12-18-16-9-5-3-7-14(16)15-8-4-6-10-17(15)18/h3-11,13,18H,12H2,1-2H3,(H,22,25)(H,23,24)/b19-11+. The van der Waals surface area contributed by atoms with Crippen molar-refractivity contribution in [1.82, 2.24) is 5.32 Å². The van der Waals surface area contributed by atoms with Crippen molar-refractivity contribution in [2.24, 2.45) is 5.92 Å². The van der Waals surface area contributed by atoms with Crippen LogP contribution in [-0.2, 0) is 9.53 Å². The number of allylic oxidation sites excluding steroid dienone is 1. The fraction of sp³-hybridized carbons (Fsp3) is 0.238. The molecule has 134 valence electrons. The third kappa shape index (κ3) is 3.61.